The lowest BCUT2D eigenvalue weighted by Crippen LogP contribution is -2.45. The number of aryl methyl sites for hydroxylation is 1. The van der Waals surface area contributed by atoms with Crippen molar-refractivity contribution in [3.05, 3.63) is 24.0 Å². The smallest absolute Gasteiger partial charge is 0.191 e. The zero-order chi connectivity index (χ0) is 15.4. The highest BCUT2D eigenvalue weighted by molar-refractivity contribution is 5.79. The molecule has 0 amide bonds. The van der Waals surface area contributed by atoms with Gasteiger partial charge in [-0.1, -0.05) is 12.8 Å². The van der Waals surface area contributed by atoms with E-state index >= 15 is 0 Å². The maximum absolute atomic E-state index is 4.37. The van der Waals surface area contributed by atoms with Crippen molar-refractivity contribution in [2.45, 2.75) is 50.7 Å². The Morgan fingerprint density at radius 3 is 2.82 bits per heavy atom. The van der Waals surface area contributed by atoms with E-state index in [2.05, 4.69) is 50.5 Å². The van der Waals surface area contributed by atoms with Gasteiger partial charge in [-0.3, -0.25) is 9.89 Å². The second-order valence-corrected chi connectivity index (χ2v) is 6.60. The molecular weight excluding hydrogens is 274 g/mol. The van der Waals surface area contributed by atoms with Gasteiger partial charge < -0.3 is 15.2 Å². The van der Waals surface area contributed by atoms with Crippen molar-refractivity contribution in [2.24, 2.45) is 12.0 Å². The lowest BCUT2D eigenvalue weighted by molar-refractivity contribution is 0.242. The summed E-state index contributed by atoms with van der Waals surface area (Å²) < 4.78 is 2.14. The van der Waals surface area contributed by atoms with Crippen molar-refractivity contribution < 1.29 is 0 Å². The fraction of sp³-hybridized carbons (Fsp3) is 0.706. The summed E-state index contributed by atoms with van der Waals surface area (Å²) in [5.41, 5.74) is 1.27. The predicted octanol–water partition coefficient (Wildman–Crippen LogP) is 1.71. The number of hydrogen-bond donors (Lipinski definition) is 2. The van der Waals surface area contributed by atoms with Crippen LogP contribution in [0.2, 0.25) is 0 Å². The molecule has 2 heterocycles. The van der Waals surface area contributed by atoms with Gasteiger partial charge in [0.1, 0.15) is 0 Å². The van der Waals surface area contributed by atoms with Gasteiger partial charge in [0.15, 0.2) is 5.96 Å². The van der Waals surface area contributed by atoms with Crippen LogP contribution in [0.25, 0.3) is 0 Å². The number of aromatic nitrogens is 1. The SMILES string of the molecule is CN=C(NCc1cccn1C)NC1CCN(C2CCCC2)C1. The number of guanidine groups is 1. The Balaban J connectivity index is 1.46. The molecule has 1 aliphatic heterocycles. The first kappa shape index (κ1) is 15.4. The second kappa shape index (κ2) is 7.18. The molecule has 1 saturated heterocycles. The van der Waals surface area contributed by atoms with Gasteiger partial charge in [-0.05, 0) is 31.4 Å². The molecule has 1 unspecified atom stereocenters. The first-order chi connectivity index (χ1) is 10.8. The number of likely N-dealkylation sites (tertiary alicyclic amines) is 1. The highest BCUT2D eigenvalue weighted by Crippen LogP contribution is 2.26. The van der Waals surface area contributed by atoms with Gasteiger partial charge in [0.2, 0.25) is 0 Å². The zero-order valence-corrected chi connectivity index (χ0v) is 13.9. The van der Waals surface area contributed by atoms with Crippen molar-refractivity contribution in [1.82, 2.24) is 20.1 Å². The Bertz CT molecular complexity index is 501. The monoisotopic (exact) mass is 303 g/mol. The van der Waals surface area contributed by atoms with Crippen LogP contribution in [0.3, 0.4) is 0 Å². The maximum Gasteiger partial charge on any atom is 0.191 e. The molecule has 3 rings (SSSR count). The minimum Gasteiger partial charge on any atom is -0.353 e. The first-order valence-electron chi connectivity index (χ1n) is 8.57. The Hall–Kier alpha value is -1.49. The average Bonchev–Trinajstić information content (AvgIpc) is 3.25. The lowest BCUT2D eigenvalue weighted by Gasteiger charge is -2.24. The van der Waals surface area contributed by atoms with Gasteiger partial charge in [-0.25, -0.2) is 0 Å². The van der Waals surface area contributed by atoms with E-state index in [1.54, 1.807) is 0 Å². The van der Waals surface area contributed by atoms with Crippen LogP contribution < -0.4 is 10.6 Å². The molecule has 0 bridgehead atoms. The van der Waals surface area contributed by atoms with E-state index in [9.17, 15) is 0 Å². The molecule has 22 heavy (non-hydrogen) atoms. The van der Waals surface area contributed by atoms with Crippen LogP contribution in [0.1, 0.15) is 37.8 Å². The molecule has 1 aromatic heterocycles. The van der Waals surface area contributed by atoms with Crippen molar-refractivity contribution in [1.29, 1.82) is 0 Å². The van der Waals surface area contributed by atoms with Gasteiger partial charge in [0.25, 0.3) is 0 Å². The van der Waals surface area contributed by atoms with E-state index in [1.165, 1.54) is 44.3 Å². The fourth-order valence-electron chi connectivity index (χ4n) is 3.75. The first-order valence-corrected chi connectivity index (χ1v) is 8.57. The largest absolute Gasteiger partial charge is 0.353 e. The van der Waals surface area contributed by atoms with Crippen LogP contribution in [0.15, 0.2) is 23.3 Å². The van der Waals surface area contributed by atoms with Crippen LogP contribution in [0.4, 0.5) is 0 Å². The van der Waals surface area contributed by atoms with Gasteiger partial charge >= 0.3 is 0 Å². The molecule has 1 aliphatic carbocycles. The third-order valence-corrected chi connectivity index (χ3v) is 5.11. The molecule has 1 saturated carbocycles. The van der Waals surface area contributed by atoms with E-state index in [0.29, 0.717) is 6.04 Å². The molecule has 122 valence electrons. The van der Waals surface area contributed by atoms with E-state index < -0.39 is 0 Å². The molecule has 0 aromatic carbocycles. The van der Waals surface area contributed by atoms with E-state index in [4.69, 9.17) is 0 Å². The van der Waals surface area contributed by atoms with Crippen LogP contribution in [0.5, 0.6) is 0 Å². The highest BCUT2D eigenvalue weighted by atomic mass is 15.3. The predicted molar refractivity (Wildman–Crippen MR) is 91.0 cm³/mol. The summed E-state index contributed by atoms with van der Waals surface area (Å²) >= 11 is 0. The zero-order valence-electron chi connectivity index (χ0n) is 13.9. The van der Waals surface area contributed by atoms with Crippen molar-refractivity contribution in [2.75, 3.05) is 20.1 Å². The molecule has 1 aromatic rings. The molecule has 0 radical (unpaired) electrons. The van der Waals surface area contributed by atoms with E-state index in [0.717, 1.165) is 25.1 Å². The summed E-state index contributed by atoms with van der Waals surface area (Å²) in [4.78, 5) is 7.05. The minimum absolute atomic E-state index is 0.528. The quantitative estimate of drug-likeness (QED) is 0.657. The third kappa shape index (κ3) is 3.64. The van der Waals surface area contributed by atoms with Gasteiger partial charge in [-0.15, -0.1) is 0 Å². The number of nitrogens with zero attached hydrogens (tertiary/aromatic N) is 3. The van der Waals surface area contributed by atoms with Gasteiger partial charge in [-0.2, -0.15) is 0 Å². The molecule has 5 heteroatoms. The standard InChI is InChI=1S/C17H29N5/c1-18-17(19-12-16-8-5-10-21(16)2)20-14-9-11-22(13-14)15-6-3-4-7-15/h5,8,10,14-15H,3-4,6-7,9,11-13H2,1-2H3,(H2,18,19,20). The normalized spacial score (nSPS) is 24.1. The Labute approximate surface area is 133 Å². The van der Waals surface area contributed by atoms with Crippen LogP contribution in [0, 0.1) is 0 Å². The summed E-state index contributed by atoms with van der Waals surface area (Å²) in [6, 6.07) is 5.58. The topological polar surface area (TPSA) is 44.6 Å². The lowest BCUT2D eigenvalue weighted by atomic mass is 10.2. The van der Waals surface area contributed by atoms with Crippen molar-refractivity contribution >= 4 is 5.96 Å². The Morgan fingerprint density at radius 2 is 2.14 bits per heavy atom. The van der Waals surface area contributed by atoms with E-state index in [1.807, 2.05) is 7.05 Å². The molecular formula is C17H29N5. The molecule has 2 aliphatic rings. The summed E-state index contributed by atoms with van der Waals surface area (Å²) in [5.74, 6) is 0.916. The van der Waals surface area contributed by atoms with E-state index in [-0.39, 0.29) is 0 Å². The number of hydrogen-bond acceptors (Lipinski definition) is 2. The average molecular weight is 303 g/mol. The summed E-state index contributed by atoms with van der Waals surface area (Å²) in [7, 11) is 3.92. The number of rotatable bonds is 4. The van der Waals surface area contributed by atoms with Crippen LogP contribution in [-0.4, -0.2) is 47.6 Å². The van der Waals surface area contributed by atoms with Gasteiger partial charge in [0, 0.05) is 51.2 Å². The van der Waals surface area contributed by atoms with Crippen molar-refractivity contribution in [3.8, 4) is 0 Å². The molecule has 1 atom stereocenters. The molecule has 0 spiro atoms. The van der Waals surface area contributed by atoms with Crippen molar-refractivity contribution in [3.63, 3.8) is 0 Å². The maximum atomic E-state index is 4.37. The third-order valence-electron chi connectivity index (χ3n) is 5.11. The number of nitrogens with one attached hydrogen (secondary N) is 2. The van der Waals surface area contributed by atoms with Crippen LogP contribution >= 0.6 is 0 Å². The second-order valence-electron chi connectivity index (χ2n) is 6.60. The van der Waals surface area contributed by atoms with Crippen LogP contribution in [-0.2, 0) is 13.6 Å². The highest BCUT2D eigenvalue weighted by Gasteiger charge is 2.30. The summed E-state index contributed by atoms with van der Waals surface area (Å²) in [6.45, 7) is 3.20. The Kier molecular flexibility index (Phi) is 5.03. The summed E-state index contributed by atoms with van der Waals surface area (Å²) in [5, 5.41) is 7.01. The Morgan fingerprint density at radius 1 is 1.32 bits per heavy atom. The minimum atomic E-state index is 0.528. The summed E-state index contributed by atoms with van der Waals surface area (Å²) in [6.07, 6.45) is 8.92. The fourth-order valence-corrected chi connectivity index (χ4v) is 3.75. The molecule has 2 N–H and O–H groups in total. The van der Waals surface area contributed by atoms with Gasteiger partial charge in [0.05, 0.1) is 6.54 Å². The molecule has 2 fully saturated rings. The molecule has 5 nitrogen and oxygen atoms in total. The number of aliphatic imine (C=N–C) groups is 1.